The minimum atomic E-state index is -4.29. The van der Waals surface area contributed by atoms with Crippen molar-refractivity contribution >= 4 is 0 Å². The van der Waals surface area contributed by atoms with E-state index in [9.17, 15) is 13.2 Å². The number of rotatable bonds is 5. The molecule has 0 unspecified atom stereocenters. The van der Waals surface area contributed by atoms with Crippen LogP contribution in [0.4, 0.5) is 13.2 Å². The van der Waals surface area contributed by atoms with Crippen LogP contribution < -0.4 is 10.6 Å². The molecule has 1 aliphatic heterocycles. The maximum atomic E-state index is 12.6. The van der Waals surface area contributed by atoms with Crippen molar-refractivity contribution in [2.75, 3.05) is 13.1 Å². The molecule has 1 aliphatic rings. The van der Waals surface area contributed by atoms with E-state index in [-0.39, 0.29) is 0 Å². The van der Waals surface area contributed by atoms with Crippen molar-refractivity contribution in [3.05, 3.63) is 59.7 Å². The highest BCUT2D eigenvalue weighted by Gasteiger charge is 2.29. The van der Waals surface area contributed by atoms with Gasteiger partial charge in [-0.2, -0.15) is 13.2 Å². The first-order chi connectivity index (χ1) is 11.5. The lowest BCUT2D eigenvalue weighted by molar-refractivity contribution is -0.137. The van der Waals surface area contributed by atoms with E-state index in [1.54, 1.807) is 0 Å². The summed E-state index contributed by atoms with van der Waals surface area (Å²) in [6.45, 7) is 2.86. The van der Waals surface area contributed by atoms with Gasteiger partial charge in [0.05, 0.1) is 5.56 Å². The predicted molar refractivity (Wildman–Crippen MR) is 89.6 cm³/mol. The maximum absolute atomic E-state index is 12.6. The molecule has 1 atom stereocenters. The molecule has 0 bridgehead atoms. The molecule has 0 amide bonds. The summed E-state index contributed by atoms with van der Waals surface area (Å²) in [5.74, 6) is 0. The van der Waals surface area contributed by atoms with Crippen LogP contribution in [0.1, 0.15) is 24.0 Å². The fraction of sp³-hybridized carbons (Fsp3) is 0.368. The Balaban J connectivity index is 1.57. The van der Waals surface area contributed by atoms with Crippen molar-refractivity contribution in [3.8, 4) is 11.1 Å². The largest absolute Gasteiger partial charge is 0.416 e. The highest BCUT2D eigenvalue weighted by Crippen LogP contribution is 2.31. The zero-order valence-electron chi connectivity index (χ0n) is 13.4. The van der Waals surface area contributed by atoms with Gasteiger partial charge in [0.25, 0.3) is 0 Å². The predicted octanol–water partition coefficient (Wildman–Crippen LogP) is 4.21. The van der Waals surface area contributed by atoms with Crippen molar-refractivity contribution in [1.82, 2.24) is 10.6 Å². The van der Waals surface area contributed by atoms with Crippen molar-refractivity contribution in [1.29, 1.82) is 0 Å². The average Bonchev–Trinajstić information content (AvgIpc) is 3.08. The molecular weight excluding hydrogens is 313 g/mol. The van der Waals surface area contributed by atoms with Gasteiger partial charge in [-0.25, -0.2) is 0 Å². The summed E-state index contributed by atoms with van der Waals surface area (Å²) in [5.41, 5.74) is 2.26. The lowest BCUT2D eigenvalue weighted by Gasteiger charge is -2.12. The molecule has 2 aromatic carbocycles. The Bertz CT molecular complexity index is 642. The monoisotopic (exact) mass is 334 g/mol. The number of halogens is 3. The zero-order chi connectivity index (χ0) is 17.0. The van der Waals surface area contributed by atoms with Gasteiger partial charge in [-0.05, 0) is 48.2 Å². The summed E-state index contributed by atoms with van der Waals surface area (Å²) in [7, 11) is 0. The molecule has 2 N–H and O–H groups in total. The van der Waals surface area contributed by atoms with Crippen molar-refractivity contribution < 1.29 is 13.2 Å². The van der Waals surface area contributed by atoms with Crippen molar-refractivity contribution in [2.45, 2.75) is 31.6 Å². The van der Waals surface area contributed by atoms with E-state index in [1.165, 1.54) is 30.5 Å². The number of hydrogen-bond donors (Lipinski definition) is 2. The van der Waals surface area contributed by atoms with E-state index in [0.717, 1.165) is 42.9 Å². The van der Waals surface area contributed by atoms with Gasteiger partial charge >= 0.3 is 6.18 Å². The zero-order valence-corrected chi connectivity index (χ0v) is 13.4. The Morgan fingerprint density at radius 2 is 1.58 bits per heavy atom. The quantitative estimate of drug-likeness (QED) is 0.856. The third-order valence-corrected chi connectivity index (χ3v) is 4.38. The Morgan fingerprint density at radius 1 is 0.958 bits per heavy atom. The van der Waals surface area contributed by atoms with Gasteiger partial charge in [0.2, 0.25) is 0 Å². The molecule has 2 nitrogen and oxygen atoms in total. The van der Waals surface area contributed by atoms with Crippen LogP contribution in [0.15, 0.2) is 48.5 Å². The number of hydrogen-bond acceptors (Lipinski definition) is 2. The second-order valence-electron chi connectivity index (χ2n) is 6.20. The molecule has 0 aromatic heterocycles. The summed E-state index contributed by atoms with van der Waals surface area (Å²) in [5, 5.41) is 6.89. The Labute approximate surface area is 140 Å². The first kappa shape index (κ1) is 17.0. The second-order valence-corrected chi connectivity index (χ2v) is 6.20. The molecule has 24 heavy (non-hydrogen) atoms. The Morgan fingerprint density at radius 3 is 2.12 bits per heavy atom. The topological polar surface area (TPSA) is 24.1 Å². The highest BCUT2D eigenvalue weighted by atomic mass is 19.4. The molecule has 0 radical (unpaired) electrons. The van der Waals surface area contributed by atoms with Gasteiger partial charge in [-0.15, -0.1) is 0 Å². The summed E-state index contributed by atoms with van der Waals surface area (Å²) in [6, 6.07) is 13.8. The molecule has 0 aliphatic carbocycles. The van der Waals surface area contributed by atoms with Crippen LogP contribution >= 0.6 is 0 Å². The molecule has 5 heteroatoms. The lowest BCUT2D eigenvalue weighted by atomic mass is 10.0. The first-order valence-corrected chi connectivity index (χ1v) is 8.23. The standard InChI is InChI=1S/C19H21F3N2/c20-19(21,22)17-9-7-16(8-10-17)15-5-3-14(4-6-15)12-23-13-18-2-1-11-24-18/h3-10,18,23-24H,1-2,11-13H2/t18-/m1/s1. The minimum Gasteiger partial charge on any atom is -0.313 e. The average molecular weight is 334 g/mol. The number of nitrogens with one attached hydrogen (secondary N) is 2. The molecule has 3 rings (SSSR count). The molecule has 2 aromatic rings. The van der Waals surface area contributed by atoms with E-state index >= 15 is 0 Å². The van der Waals surface area contributed by atoms with Gasteiger partial charge in [0.15, 0.2) is 0 Å². The van der Waals surface area contributed by atoms with Crippen LogP contribution in [-0.4, -0.2) is 19.1 Å². The van der Waals surface area contributed by atoms with E-state index in [1.807, 2.05) is 24.3 Å². The van der Waals surface area contributed by atoms with Gasteiger partial charge in [0.1, 0.15) is 0 Å². The van der Waals surface area contributed by atoms with Crippen LogP contribution in [0.2, 0.25) is 0 Å². The molecule has 0 saturated carbocycles. The van der Waals surface area contributed by atoms with E-state index in [4.69, 9.17) is 0 Å². The minimum absolute atomic E-state index is 0.566. The van der Waals surface area contributed by atoms with Gasteiger partial charge in [-0.3, -0.25) is 0 Å². The third kappa shape index (κ3) is 4.36. The van der Waals surface area contributed by atoms with Crippen LogP contribution in [0.25, 0.3) is 11.1 Å². The van der Waals surface area contributed by atoms with Crippen LogP contribution in [-0.2, 0) is 12.7 Å². The highest BCUT2D eigenvalue weighted by molar-refractivity contribution is 5.64. The normalized spacial score (nSPS) is 18.0. The summed E-state index contributed by atoms with van der Waals surface area (Å²) < 4.78 is 37.8. The summed E-state index contributed by atoms with van der Waals surface area (Å²) in [4.78, 5) is 0. The van der Waals surface area contributed by atoms with Crippen LogP contribution in [0, 0.1) is 0 Å². The van der Waals surface area contributed by atoms with Gasteiger partial charge in [0, 0.05) is 19.1 Å². The molecule has 1 heterocycles. The third-order valence-electron chi connectivity index (χ3n) is 4.38. The molecular formula is C19H21F3N2. The van der Waals surface area contributed by atoms with E-state index in [2.05, 4.69) is 10.6 Å². The SMILES string of the molecule is FC(F)(F)c1ccc(-c2ccc(CNC[C@H]3CCCN3)cc2)cc1. The molecule has 0 spiro atoms. The lowest BCUT2D eigenvalue weighted by Crippen LogP contribution is -2.33. The van der Waals surface area contributed by atoms with Crippen LogP contribution in [0.3, 0.4) is 0 Å². The van der Waals surface area contributed by atoms with Crippen molar-refractivity contribution in [3.63, 3.8) is 0 Å². The summed E-state index contributed by atoms with van der Waals surface area (Å²) >= 11 is 0. The Kier molecular flexibility index (Phi) is 5.21. The molecule has 1 fully saturated rings. The van der Waals surface area contributed by atoms with E-state index < -0.39 is 11.7 Å². The fourth-order valence-electron chi connectivity index (χ4n) is 2.99. The maximum Gasteiger partial charge on any atom is 0.416 e. The van der Waals surface area contributed by atoms with Crippen molar-refractivity contribution in [2.24, 2.45) is 0 Å². The van der Waals surface area contributed by atoms with Gasteiger partial charge < -0.3 is 10.6 Å². The molecule has 1 saturated heterocycles. The fourth-order valence-corrected chi connectivity index (χ4v) is 2.99. The smallest absolute Gasteiger partial charge is 0.313 e. The second kappa shape index (κ2) is 7.36. The summed E-state index contributed by atoms with van der Waals surface area (Å²) in [6.07, 6.45) is -1.82. The Hall–Kier alpha value is -1.85. The van der Waals surface area contributed by atoms with Gasteiger partial charge in [-0.1, -0.05) is 36.4 Å². The van der Waals surface area contributed by atoms with Crippen LogP contribution in [0.5, 0.6) is 0 Å². The number of benzene rings is 2. The van der Waals surface area contributed by atoms with E-state index in [0.29, 0.717) is 6.04 Å². The number of alkyl halides is 3. The molecule has 128 valence electrons. The first-order valence-electron chi connectivity index (χ1n) is 8.23.